The van der Waals surface area contributed by atoms with Crippen LogP contribution in [0.1, 0.15) is 29.7 Å². The molecule has 0 spiro atoms. The van der Waals surface area contributed by atoms with Gasteiger partial charge in [-0.25, -0.2) is 0 Å². The highest BCUT2D eigenvalue weighted by atomic mass is 16.5. The van der Waals surface area contributed by atoms with Crippen LogP contribution in [0.4, 0.5) is 0 Å². The first kappa shape index (κ1) is 15.4. The van der Waals surface area contributed by atoms with Crippen molar-refractivity contribution in [1.29, 1.82) is 0 Å². The molecular weight excluding hydrogens is 264 g/mol. The lowest BCUT2D eigenvalue weighted by molar-refractivity contribution is 0.104. The molecule has 1 N–H and O–H groups in total. The van der Waals surface area contributed by atoms with Crippen LogP contribution in [0.2, 0.25) is 0 Å². The van der Waals surface area contributed by atoms with Crippen molar-refractivity contribution in [3.05, 3.63) is 59.2 Å². The van der Waals surface area contributed by atoms with Crippen molar-refractivity contribution in [2.45, 2.75) is 26.9 Å². The second kappa shape index (κ2) is 7.14. The Morgan fingerprint density at radius 3 is 2.43 bits per heavy atom. The molecule has 0 saturated carbocycles. The fourth-order valence-corrected chi connectivity index (χ4v) is 2.18. The van der Waals surface area contributed by atoms with E-state index in [2.05, 4.69) is 0 Å². The van der Waals surface area contributed by atoms with Crippen LogP contribution >= 0.6 is 0 Å². The van der Waals surface area contributed by atoms with E-state index in [9.17, 15) is 5.11 Å². The number of aliphatic hydroxyl groups excluding tert-OH is 1. The second-order valence-electron chi connectivity index (χ2n) is 5.00. The van der Waals surface area contributed by atoms with E-state index >= 15 is 0 Å². The number of para-hydroxylation sites is 1. The molecule has 0 bridgehead atoms. The largest absolute Gasteiger partial charge is 0.493 e. The van der Waals surface area contributed by atoms with Gasteiger partial charge in [0.25, 0.3) is 0 Å². The average molecular weight is 286 g/mol. The lowest BCUT2D eigenvalue weighted by atomic mass is 10.1. The normalized spacial score (nSPS) is 12.0. The first-order chi connectivity index (χ1) is 10.1. The van der Waals surface area contributed by atoms with Gasteiger partial charge in [-0.05, 0) is 44.0 Å². The second-order valence-corrected chi connectivity index (χ2v) is 5.00. The molecule has 3 nitrogen and oxygen atoms in total. The third-order valence-corrected chi connectivity index (χ3v) is 3.53. The third kappa shape index (κ3) is 3.76. The molecule has 0 aliphatic rings. The Balaban J connectivity index is 2.08. The molecule has 0 heterocycles. The SMILES string of the molecule is CCOc1ccccc1C(O)COc1cccc(C)c1C. The van der Waals surface area contributed by atoms with E-state index in [1.54, 1.807) is 0 Å². The van der Waals surface area contributed by atoms with E-state index in [0.29, 0.717) is 12.4 Å². The summed E-state index contributed by atoms with van der Waals surface area (Å²) in [5, 5.41) is 10.3. The standard InChI is InChI=1S/C18H22O3/c1-4-20-18-10-6-5-9-15(18)16(19)12-21-17-11-7-8-13(2)14(17)3/h5-11,16,19H,4,12H2,1-3H3. The maximum Gasteiger partial charge on any atom is 0.125 e. The molecule has 0 radical (unpaired) electrons. The highest BCUT2D eigenvalue weighted by Crippen LogP contribution is 2.27. The Labute approximate surface area is 126 Å². The highest BCUT2D eigenvalue weighted by Gasteiger charge is 2.14. The van der Waals surface area contributed by atoms with E-state index < -0.39 is 6.10 Å². The van der Waals surface area contributed by atoms with Gasteiger partial charge in [0.15, 0.2) is 0 Å². The maximum absolute atomic E-state index is 10.3. The summed E-state index contributed by atoms with van der Waals surface area (Å²) in [5.41, 5.74) is 3.03. The van der Waals surface area contributed by atoms with Gasteiger partial charge in [0.2, 0.25) is 0 Å². The molecule has 112 valence electrons. The van der Waals surface area contributed by atoms with Gasteiger partial charge in [0, 0.05) is 5.56 Å². The number of hydrogen-bond donors (Lipinski definition) is 1. The average Bonchev–Trinajstić information content (AvgIpc) is 2.49. The van der Waals surface area contributed by atoms with Crippen LogP contribution < -0.4 is 9.47 Å². The molecule has 2 aromatic rings. The summed E-state index contributed by atoms with van der Waals surface area (Å²) in [6, 6.07) is 13.4. The molecule has 0 saturated heterocycles. The van der Waals surface area contributed by atoms with Gasteiger partial charge in [0.1, 0.15) is 24.2 Å². The predicted molar refractivity (Wildman–Crippen MR) is 84.0 cm³/mol. The van der Waals surface area contributed by atoms with Crippen LogP contribution in [0, 0.1) is 13.8 Å². The van der Waals surface area contributed by atoms with Crippen molar-refractivity contribution in [2.75, 3.05) is 13.2 Å². The zero-order chi connectivity index (χ0) is 15.2. The van der Waals surface area contributed by atoms with E-state index in [1.165, 1.54) is 5.56 Å². The van der Waals surface area contributed by atoms with Crippen molar-refractivity contribution in [3.63, 3.8) is 0 Å². The smallest absolute Gasteiger partial charge is 0.125 e. The van der Waals surface area contributed by atoms with E-state index in [4.69, 9.17) is 9.47 Å². The Hall–Kier alpha value is -2.00. The third-order valence-electron chi connectivity index (χ3n) is 3.53. The summed E-state index contributed by atoms with van der Waals surface area (Å²) < 4.78 is 11.3. The monoisotopic (exact) mass is 286 g/mol. The lowest BCUT2D eigenvalue weighted by Crippen LogP contribution is -2.12. The molecule has 21 heavy (non-hydrogen) atoms. The van der Waals surface area contributed by atoms with Crippen molar-refractivity contribution >= 4 is 0 Å². The summed E-state index contributed by atoms with van der Waals surface area (Å²) in [5.74, 6) is 1.51. The van der Waals surface area contributed by atoms with Crippen molar-refractivity contribution in [1.82, 2.24) is 0 Å². The Morgan fingerprint density at radius 1 is 0.952 bits per heavy atom. The van der Waals surface area contributed by atoms with Gasteiger partial charge in [0.05, 0.1) is 6.61 Å². The Morgan fingerprint density at radius 2 is 1.67 bits per heavy atom. The molecular formula is C18H22O3. The zero-order valence-electron chi connectivity index (χ0n) is 12.8. The van der Waals surface area contributed by atoms with Gasteiger partial charge >= 0.3 is 0 Å². The molecule has 0 aliphatic carbocycles. The van der Waals surface area contributed by atoms with Gasteiger partial charge in [-0.3, -0.25) is 0 Å². The summed E-state index contributed by atoms with van der Waals surface area (Å²) in [6.45, 7) is 6.76. The minimum absolute atomic E-state index is 0.203. The number of benzene rings is 2. The topological polar surface area (TPSA) is 38.7 Å². The summed E-state index contributed by atoms with van der Waals surface area (Å²) in [7, 11) is 0. The molecule has 1 unspecified atom stereocenters. The molecule has 2 aromatic carbocycles. The summed E-state index contributed by atoms with van der Waals surface area (Å²) in [6.07, 6.45) is -0.715. The van der Waals surface area contributed by atoms with E-state index in [1.807, 2.05) is 63.2 Å². The first-order valence-electron chi connectivity index (χ1n) is 7.22. The van der Waals surface area contributed by atoms with E-state index in [-0.39, 0.29) is 6.61 Å². The van der Waals surface area contributed by atoms with Crippen LogP contribution in [0.5, 0.6) is 11.5 Å². The maximum atomic E-state index is 10.3. The number of ether oxygens (including phenoxy) is 2. The number of hydrogen-bond acceptors (Lipinski definition) is 3. The van der Waals surface area contributed by atoms with Crippen molar-refractivity contribution in [3.8, 4) is 11.5 Å². The molecule has 0 aromatic heterocycles. The summed E-state index contributed by atoms with van der Waals surface area (Å²) in [4.78, 5) is 0. The Kier molecular flexibility index (Phi) is 5.23. The molecule has 2 rings (SSSR count). The molecule has 0 fully saturated rings. The fourth-order valence-electron chi connectivity index (χ4n) is 2.18. The number of aryl methyl sites for hydroxylation is 1. The molecule has 1 atom stereocenters. The Bertz CT molecular complexity index is 593. The van der Waals surface area contributed by atoms with Gasteiger partial charge in [-0.2, -0.15) is 0 Å². The molecule has 3 heteroatoms. The number of rotatable bonds is 6. The van der Waals surface area contributed by atoms with Crippen LogP contribution in [0.3, 0.4) is 0 Å². The van der Waals surface area contributed by atoms with Crippen LogP contribution in [0.15, 0.2) is 42.5 Å². The zero-order valence-corrected chi connectivity index (χ0v) is 12.8. The van der Waals surface area contributed by atoms with Gasteiger partial charge in [-0.15, -0.1) is 0 Å². The minimum Gasteiger partial charge on any atom is -0.493 e. The van der Waals surface area contributed by atoms with Gasteiger partial charge < -0.3 is 14.6 Å². The quantitative estimate of drug-likeness (QED) is 0.877. The lowest BCUT2D eigenvalue weighted by Gasteiger charge is -2.17. The summed E-state index contributed by atoms with van der Waals surface area (Å²) >= 11 is 0. The van der Waals surface area contributed by atoms with Crippen LogP contribution in [0.25, 0.3) is 0 Å². The first-order valence-corrected chi connectivity index (χ1v) is 7.22. The van der Waals surface area contributed by atoms with Crippen LogP contribution in [-0.4, -0.2) is 18.3 Å². The minimum atomic E-state index is -0.715. The van der Waals surface area contributed by atoms with E-state index in [0.717, 1.165) is 16.9 Å². The van der Waals surface area contributed by atoms with Gasteiger partial charge in [-0.1, -0.05) is 30.3 Å². The predicted octanol–water partition coefficient (Wildman–Crippen LogP) is 3.81. The van der Waals surface area contributed by atoms with Crippen molar-refractivity contribution in [2.24, 2.45) is 0 Å². The van der Waals surface area contributed by atoms with Crippen LogP contribution in [-0.2, 0) is 0 Å². The fraction of sp³-hybridized carbons (Fsp3) is 0.333. The van der Waals surface area contributed by atoms with Crippen molar-refractivity contribution < 1.29 is 14.6 Å². The molecule has 0 aliphatic heterocycles. The molecule has 0 amide bonds. The highest BCUT2D eigenvalue weighted by molar-refractivity contribution is 5.39. The number of aliphatic hydroxyl groups is 1.